The van der Waals surface area contributed by atoms with Gasteiger partial charge in [-0.15, -0.1) is 5.10 Å². The summed E-state index contributed by atoms with van der Waals surface area (Å²) in [4.78, 5) is 10.8. The van der Waals surface area contributed by atoms with E-state index in [1.165, 1.54) is 6.20 Å². The predicted molar refractivity (Wildman–Crippen MR) is 56.4 cm³/mol. The van der Waals surface area contributed by atoms with E-state index in [2.05, 4.69) is 15.0 Å². The van der Waals surface area contributed by atoms with Crippen LogP contribution in [0.5, 0.6) is 0 Å². The van der Waals surface area contributed by atoms with Crippen LogP contribution in [0.2, 0.25) is 0 Å². The summed E-state index contributed by atoms with van der Waals surface area (Å²) in [5, 5.41) is 7.39. The van der Waals surface area contributed by atoms with Gasteiger partial charge in [0.15, 0.2) is 5.72 Å². The van der Waals surface area contributed by atoms with E-state index >= 15 is 0 Å². The molecule has 1 aromatic rings. The average Bonchev–Trinajstić information content (AvgIpc) is 2.88. The summed E-state index contributed by atoms with van der Waals surface area (Å²) in [5.74, 6) is -2.23. The van der Waals surface area contributed by atoms with Crippen molar-refractivity contribution in [1.82, 2.24) is 15.0 Å². The molecule has 0 aliphatic heterocycles. The molecule has 0 unspecified atom stereocenters. The Kier molecular flexibility index (Phi) is 3.48. The van der Waals surface area contributed by atoms with E-state index in [4.69, 9.17) is 5.73 Å². The van der Waals surface area contributed by atoms with E-state index in [0.29, 0.717) is 13.0 Å². The largest absolute Gasteiger partial charge is 0.490 e. The van der Waals surface area contributed by atoms with Crippen molar-refractivity contribution < 1.29 is 22.7 Å². The van der Waals surface area contributed by atoms with Crippen LogP contribution in [0.25, 0.3) is 0 Å². The molecule has 0 spiro atoms. The molecule has 1 saturated carbocycles. The Morgan fingerprint density at radius 3 is 2.89 bits per heavy atom. The number of carbonyl (C=O) groups excluding carboxylic acids is 1. The maximum absolute atomic E-state index is 12.1. The lowest BCUT2D eigenvalue weighted by Crippen LogP contribution is -2.45. The van der Waals surface area contributed by atoms with Crippen LogP contribution in [0.3, 0.4) is 0 Å². The Hall–Kier alpha value is -1.64. The number of nitrogens with two attached hydrogens (primary N) is 1. The van der Waals surface area contributed by atoms with Crippen LogP contribution in [-0.2, 0) is 16.1 Å². The SMILES string of the molecule is N[C@]1(OC(=O)C(F)(F)F)CC[C@@H](Cn2ccnn2)C1. The van der Waals surface area contributed by atoms with Crippen molar-refractivity contribution in [3.63, 3.8) is 0 Å². The van der Waals surface area contributed by atoms with Crippen molar-refractivity contribution in [2.75, 3.05) is 0 Å². The summed E-state index contributed by atoms with van der Waals surface area (Å²) in [6.07, 6.45) is -0.909. The van der Waals surface area contributed by atoms with Gasteiger partial charge in [0.2, 0.25) is 0 Å². The minimum Gasteiger partial charge on any atom is -0.437 e. The Bertz CT molecular complexity index is 448. The zero-order valence-electron chi connectivity index (χ0n) is 9.93. The fraction of sp³-hybridized carbons (Fsp3) is 0.700. The zero-order valence-corrected chi connectivity index (χ0v) is 9.93. The lowest BCUT2D eigenvalue weighted by molar-refractivity contribution is -0.213. The number of hydrogen-bond donors (Lipinski definition) is 1. The maximum Gasteiger partial charge on any atom is 0.490 e. The molecule has 0 amide bonds. The molecule has 19 heavy (non-hydrogen) atoms. The van der Waals surface area contributed by atoms with Gasteiger partial charge in [-0.25, -0.2) is 4.79 Å². The Labute approximate surface area is 106 Å². The maximum atomic E-state index is 12.1. The average molecular weight is 278 g/mol. The smallest absolute Gasteiger partial charge is 0.437 e. The monoisotopic (exact) mass is 278 g/mol. The van der Waals surface area contributed by atoms with Gasteiger partial charge >= 0.3 is 12.1 Å². The molecule has 1 aliphatic carbocycles. The van der Waals surface area contributed by atoms with Crippen molar-refractivity contribution >= 4 is 5.97 Å². The van der Waals surface area contributed by atoms with Gasteiger partial charge in [0.25, 0.3) is 0 Å². The second-order valence-corrected chi connectivity index (χ2v) is 4.69. The van der Waals surface area contributed by atoms with Crippen LogP contribution in [0, 0.1) is 5.92 Å². The predicted octanol–water partition coefficient (Wildman–Crippen LogP) is 0.839. The zero-order chi connectivity index (χ0) is 14.1. The molecule has 1 heterocycles. The summed E-state index contributed by atoms with van der Waals surface area (Å²) in [5.41, 5.74) is 4.14. The summed E-state index contributed by atoms with van der Waals surface area (Å²) in [6, 6.07) is 0. The van der Waals surface area contributed by atoms with Crippen molar-refractivity contribution in [3.05, 3.63) is 12.4 Å². The second kappa shape index (κ2) is 4.80. The number of nitrogens with zero attached hydrogens (tertiary/aromatic N) is 3. The molecule has 0 bridgehead atoms. The van der Waals surface area contributed by atoms with Crippen LogP contribution in [0.4, 0.5) is 13.2 Å². The number of halogens is 3. The lowest BCUT2D eigenvalue weighted by Gasteiger charge is -2.25. The third kappa shape index (κ3) is 3.43. The van der Waals surface area contributed by atoms with Crippen molar-refractivity contribution in [2.45, 2.75) is 37.7 Å². The Morgan fingerprint density at radius 2 is 2.32 bits per heavy atom. The minimum atomic E-state index is -5.02. The third-order valence-electron chi connectivity index (χ3n) is 3.05. The number of rotatable bonds is 3. The molecular formula is C10H13F3N4O2. The number of alkyl halides is 3. The number of hydrogen-bond acceptors (Lipinski definition) is 5. The highest BCUT2D eigenvalue weighted by Crippen LogP contribution is 2.36. The quantitative estimate of drug-likeness (QED) is 0.654. The van der Waals surface area contributed by atoms with Crippen molar-refractivity contribution in [2.24, 2.45) is 11.7 Å². The van der Waals surface area contributed by atoms with Gasteiger partial charge in [0.05, 0.1) is 6.20 Å². The van der Waals surface area contributed by atoms with Crippen LogP contribution in [0.15, 0.2) is 12.4 Å². The van der Waals surface area contributed by atoms with Crippen LogP contribution < -0.4 is 5.73 Å². The Balaban J connectivity index is 1.91. The van der Waals surface area contributed by atoms with E-state index in [-0.39, 0.29) is 18.8 Å². The molecule has 106 valence electrons. The highest BCUT2D eigenvalue weighted by molar-refractivity contribution is 5.76. The first kappa shape index (κ1) is 13.8. The van der Waals surface area contributed by atoms with Gasteiger partial charge < -0.3 is 4.74 Å². The number of esters is 1. The molecule has 9 heteroatoms. The van der Waals surface area contributed by atoms with Gasteiger partial charge in [0.1, 0.15) is 0 Å². The van der Waals surface area contributed by atoms with Gasteiger partial charge in [-0.2, -0.15) is 13.2 Å². The second-order valence-electron chi connectivity index (χ2n) is 4.69. The summed E-state index contributed by atoms with van der Waals surface area (Å²) in [6.45, 7) is 0.489. The molecular weight excluding hydrogens is 265 g/mol. The normalized spacial score (nSPS) is 27.5. The first-order valence-electron chi connectivity index (χ1n) is 5.72. The van der Waals surface area contributed by atoms with E-state index in [1.807, 2.05) is 0 Å². The molecule has 1 aromatic heterocycles. The number of carbonyl (C=O) groups is 1. The molecule has 1 fully saturated rings. The first-order valence-corrected chi connectivity index (χ1v) is 5.72. The fourth-order valence-corrected chi connectivity index (χ4v) is 2.23. The topological polar surface area (TPSA) is 83.0 Å². The summed E-state index contributed by atoms with van der Waals surface area (Å²) in [7, 11) is 0. The van der Waals surface area contributed by atoms with E-state index in [1.54, 1.807) is 10.9 Å². The fourth-order valence-electron chi connectivity index (χ4n) is 2.23. The van der Waals surface area contributed by atoms with E-state index in [9.17, 15) is 18.0 Å². The molecule has 6 nitrogen and oxygen atoms in total. The minimum absolute atomic E-state index is 0.00716. The van der Waals surface area contributed by atoms with E-state index in [0.717, 1.165) is 0 Å². The molecule has 2 N–H and O–H groups in total. The number of ether oxygens (including phenoxy) is 1. The summed E-state index contributed by atoms with van der Waals surface area (Å²) >= 11 is 0. The standard InChI is InChI=1S/C10H13F3N4O2/c11-10(12,13)8(18)19-9(14)2-1-7(5-9)6-17-4-3-15-16-17/h3-4,7H,1-2,5-6,14H2/t7-,9+/m1/s1. The van der Waals surface area contributed by atoms with E-state index < -0.39 is 17.9 Å². The highest BCUT2D eigenvalue weighted by atomic mass is 19.4. The van der Waals surface area contributed by atoms with Gasteiger partial charge in [-0.05, 0) is 12.3 Å². The van der Waals surface area contributed by atoms with Gasteiger partial charge in [-0.3, -0.25) is 10.4 Å². The molecule has 2 rings (SSSR count). The Morgan fingerprint density at radius 1 is 1.58 bits per heavy atom. The van der Waals surface area contributed by atoms with Crippen LogP contribution in [0.1, 0.15) is 19.3 Å². The van der Waals surface area contributed by atoms with Gasteiger partial charge in [0, 0.05) is 25.6 Å². The molecule has 2 atom stereocenters. The first-order chi connectivity index (χ1) is 8.78. The van der Waals surface area contributed by atoms with Crippen LogP contribution >= 0.6 is 0 Å². The third-order valence-corrected chi connectivity index (χ3v) is 3.05. The molecule has 1 aliphatic rings. The summed E-state index contributed by atoms with van der Waals surface area (Å²) < 4.78 is 42.3. The highest BCUT2D eigenvalue weighted by Gasteiger charge is 2.47. The van der Waals surface area contributed by atoms with Crippen molar-refractivity contribution in [3.8, 4) is 0 Å². The molecule has 0 aromatic carbocycles. The number of aromatic nitrogens is 3. The molecule has 0 radical (unpaired) electrons. The lowest BCUT2D eigenvalue weighted by atomic mass is 10.1. The van der Waals surface area contributed by atoms with Gasteiger partial charge in [-0.1, -0.05) is 5.21 Å². The van der Waals surface area contributed by atoms with Crippen molar-refractivity contribution in [1.29, 1.82) is 0 Å². The molecule has 0 saturated heterocycles. The van der Waals surface area contributed by atoms with Crippen LogP contribution in [-0.4, -0.2) is 32.9 Å².